The zero-order chi connectivity index (χ0) is 12.2. The number of nitrogens with zero attached hydrogens (tertiary/aromatic N) is 2. The molecule has 98 valence electrons. The van der Waals surface area contributed by atoms with Gasteiger partial charge in [0.15, 0.2) is 0 Å². The highest BCUT2D eigenvalue weighted by Crippen LogP contribution is 2.25. The molecule has 0 aliphatic carbocycles. The summed E-state index contributed by atoms with van der Waals surface area (Å²) in [5.41, 5.74) is 2.80. The van der Waals surface area contributed by atoms with Gasteiger partial charge in [0.2, 0.25) is 0 Å². The van der Waals surface area contributed by atoms with Crippen LogP contribution >= 0.6 is 0 Å². The SMILES string of the molecule is c1cc(N2CCCCC2)cc(N2CCNCC2)c1. The standard InChI is InChI=1S/C15H23N3/c1-2-9-17(10-3-1)14-5-4-6-15(13-14)18-11-7-16-8-12-18/h4-6,13,16H,1-3,7-12H2. The summed E-state index contributed by atoms with van der Waals surface area (Å²) in [5, 5.41) is 3.41. The van der Waals surface area contributed by atoms with Crippen LogP contribution in [0, 0.1) is 0 Å². The van der Waals surface area contributed by atoms with Gasteiger partial charge in [-0.2, -0.15) is 0 Å². The number of nitrogens with one attached hydrogen (secondary N) is 1. The normalized spacial score (nSPS) is 21.1. The third-order valence-corrected chi connectivity index (χ3v) is 4.03. The van der Waals surface area contributed by atoms with Crippen molar-refractivity contribution >= 4 is 11.4 Å². The zero-order valence-electron chi connectivity index (χ0n) is 11.1. The molecule has 3 nitrogen and oxygen atoms in total. The number of piperidine rings is 1. The summed E-state index contributed by atoms with van der Waals surface area (Å²) in [7, 11) is 0. The van der Waals surface area contributed by atoms with Crippen LogP contribution in [0.25, 0.3) is 0 Å². The van der Waals surface area contributed by atoms with Crippen molar-refractivity contribution in [1.29, 1.82) is 0 Å². The molecule has 2 aliphatic heterocycles. The van der Waals surface area contributed by atoms with Crippen LogP contribution < -0.4 is 15.1 Å². The minimum Gasteiger partial charge on any atom is -0.371 e. The third-order valence-electron chi connectivity index (χ3n) is 4.03. The fraction of sp³-hybridized carbons (Fsp3) is 0.600. The van der Waals surface area contributed by atoms with E-state index in [1.54, 1.807) is 0 Å². The highest BCUT2D eigenvalue weighted by Gasteiger charge is 2.14. The van der Waals surface area contributed by atoms with Gasteiger partial charge in [0.1, 0.15) is 0 Å². The monoisotopic (exact) mass is 245 g/mol. The lowest BCUT2D eigenvalue weighted by Crippen LogP contribution is -2.43. The molecule has 1 aromatic carbocycles. The average molecular weight is 245 g/mol. The van der Waals surface area contributed by atoms with Gasteiger partial charge in [-0.3, -0.25) is 0 Å². The van der Waals surface area contributed by atoms with Crippen LogP contribution in [-0.4, -0.2) is 39.3 Å². The van der Waals surface area contributed by atoms with E-state index in [1.807, 2.05) is 0 Å². The highest BCUT2D eigenvalue weighted by atomic mass is 15.2. The molecule has 2 saturated heterocycles. The van der Waals surface area contributed by atoms with Crippen LogP contribution in [0.2, 0.25) is 0 Å². The van der Waals surface area contributed by atoms with E-state index in [0.717, 1.165) is 26.2 Å². The molecule has 0 spiro atoms. The lowest BCUT2D eigenvalue weighted by Gasteiger charge is -2.32. The van der Waals surface area contributed by atoms with Crippen molar-refractivity contribution in [3.8, 4) is 0 Å². The second-order valence-electron chi connectivity index (χ2n) is 5.30. The van der Waals surface area contributed by atoms with E-state index in [0.29, 0.717) is 0 Å². The Morgan fingerprint density at radius 3 is 2.06 bits per heavy atom. The van der Waals surface area contributed by atoms with E-state index >= 15 is 0 Å². The molecule has 2 aliphatic rings. The van der Waals surface area contributed by atoms with Gasteiger partial charge in [-0.05, 0) is 37.5 Å². The lowest BCUT2D eigenvalue weighted by molar-refractivity contribution is 0.576. The predicted molar refractivity (Wildman–Crippen MR) is 77.6 cm³/mol. The van der Waals surface area contributed by atoms with E-state index in [4.69, 9.17) is 0 Å². The van der Waals surface area contributed by atoms with Gasteiger partial charge >= 0.3 is 0 Å². The van der Waals surface area contributed by atoms with Crippen LogP contribution in [0.3, 0.4) is 0 Å². The maximum absolute atomic E-state index is 3.41. The molecule has 0 amide bonds. The summed E-state index contributed by atoms with van der Waals surface area (Å²) in [5.74, 6) is 0. The molecule has 2 heterocycles. The maximum atomic E-state index is 3.41. The number of benzene rings is 1. The van der Waals surface area contributed by atoms with Gasteiger partial charge in [-0.1, -0.05) is 6.07 Å². The molecule has 0 aromatic heterocycles. The smallest absolute Gasteiger partial charge is 0.0387 e. The van der Waals surface area contributed by atoms with E-state index in [9.17, 15) is 0 Å². The molecule has 0 unspecified atom stereocenters. The molecule has 2 fully saturated rings. The first kappa shape index (κ1) is 11.8. The van der Waals surface area contributed by atoms with Crippen molar-refractivity contribution in [2.75, 3.05) is 49.1 Å². The molecule has 1 N–H and O–H groups in total. The van der Waals surface area contributed by atoms with Crippen LogP contribution in [0.4, 0.5) is 11.4 Å². The molecule has 0 radical (unpaired) electrons. The van der Waals surface area contributed by atoms with E-state index in [1.165, 1.54) is 43.7 Å². The fourth-order valence-electron chi connectivity index (χ4n) is 2.96. The van der Waals surface area contributed by atoms with Gasteiger partial charge in [-0.15, -0.1) is 0 Å². The van der Waals surface area contributed by atoms with Crippen molar-refractivity contribution < 1.29 is 0 Å². The van der Waals surface area contributed by atoms with Crippen LogP contribution in [0.15, 0.2) is 24.3 Å². The maximum Gasteiger partial charge on any atom is 0.0387 e. The van der Waals surface area contributed by atoms with E-state index in [2.05, 4.69) is 39.4 Å². The first-order valence-electron chi connectivity index (χ1n) is 7.24. The first-order chi connectivity index (χ1) is 8.93. The number of anilines is 2. The molecule has 18 heavy (non-hydrogen) atoms. The molecular formula is C15H23N3. The number of hydrogen-bond donors (Lipinski definition) is 1. The summed E-state index contributed by atoms with van der Waals surface area (Å²) in [6, 6.07) is 9.09. The Labute approximate surface area is 110 Å². The van der Waals surface area contributed by atoms with Gasteiger partial charge in [0.25, 0.3) is 0 Å². The summed E-state index contributed by atoms with van der Waals surface area (Å²) >= 11 is 0. The lowest BCUT2D eigenvalue weighted by atomic mass is 10.1. The molecule has 3 heteroatoms. The second kappa shape index (κ2) is 5.61. The van der Waals surface area contributed by atoms with Crippen molar-refractivity contribution in [2.24, 2.45) is 0 Å². The summed E-state index contributed by atoms with van der Waals surface area (Å²) in [6.45, 7) is 6.92. The number of piperazine rings is 1. The minimum atomic E-state index is 1.11. The summed E-state index contributed by atoms with van der Waals surface area (Å²) in [6.07, 6.45) is 4.09. The van der Waals surface area contributed by atoms with Gasteiger partial charge in [0, 0.05) is 50.6 Å². The van der Waals surface area contributed by atoms with E-state index < -0.39 is 0 Å². The minimum absolute atomic E-state index is 1.11. The molecule has 0 atom stereocenters. The fourth-order valence-corrected chi connectivity index (χ4v) is 2.96. The third kappa shape index (κ3) is 2.61. The topological polar surface area (TPSA) is 18.5 Å². The van der Waals surface area contributed by atoms with Crippen molar-refractivity contribution in [3.63, 3.8) is 0 Å². The Balaban J connectivity index is 1.75. The molecular weight excluding hydrogens is 222 g/mol. The van der Waals surface area contributed by atoms with Gasteiger partial charge in [0.05, 0.1) is 0 Å². The zero-order valence-corrected chi connectivity index (χ0v) is 11.1. The largest absolute Gasteiger partial charge is 0.371 e. The Hall–Kier alpha value is -1.22. The van der Waals surface area contributed by atoms with Crippen molar-refractivity contribution in [1.82, 2.24) is 5.32 Å². The molecule has 0 saturated carbocycles. The number of rotatable bonds is 2. The van der Waals surface area contributed by atoms with Crippen molar-refractivity contribution in [2.45, 2.75) is 19.3 Å². The van der Waals surface area contributed by atoms with Crippen LogP contribution in [-0.2, 0) is 0 Å². The molecule has 3 rings (SSSR count). The Morgan fingerprint density at radius 2 is 1.39 bits per heavy atom. The quantitative estimate of drug-likeness (QED) is 0.860. The average Bonchev–Trinajstić information content (AvgIpc) is 2.49. The van der Waals surface area contributed by atoms with Crippen molar-refractivity contribution in [3.05, 3.63) is 24.3 Å². The van der Waals surface area contributed by atoms with Gasteiger partial charge < -0.3 is 15.1 Å². The van der Waals surface area contributed by atoms with Crippen LogP contribution in [0.1, 0.15) is 19.3 Å². The Kier molecular flexibility index (Phi) is 3.69. The molecule has 1 aromatic rings. The van der Waals surface area contributed by atoms with E-state index in [-0.39, 0.29) is 0 Å². The highest BCUT2D eigenvalue weighted by molar-refractivity contribution is 5.59. The Morgan fingerprint density at radius 1 is 0.778 bits per heavy atom. The summed E-state index contributed by atoms with van der Waals surface area (Å²) in [4.78, 5) is 5.03. The predicted octanol–water partition coefficient (Wildman–Crippen LogP) is 2.09. The van der Waals surface area contributed by atoms with Gasteiger partial charge in [-0.25, -0.2) is 0 Å². The molecule has 0 bridgehead atoms. The first-order valence-corrected chi connectivity index (χ1v) is 7.24. The summed E-state index contributed by atoms with van der Waals surface area (Å²) < 4.78 is 0. The van der Waals surface area contributed by atoms with Crippen LogP contribution in [0.5, 0.6) is 0 Å². The Bertz CT molecular complexity index is 346. The second-order valence-corrected chi connectivity index (χ2v) is 5.30. The number of hydrogen-bond acceptors (Lipinski definition) is 3.